The van der Waals surface area contributed by atoms with Crippen molar-refractivity contribution in [2.75, 3.05) is 7.11 Å². The Morgan fingerprint density at radius 3 is 2.23 bits per heavy atom. The second-order valence-corrected chi connectivity index (χ2v) is 9.90. The second kappa shape index (κ2) is 13.5. The SMILES string of the molecule is CCC(=O)N[C@@H](Cc1ccc(-c2ccccn2)c(SC(=O)c2ccccc2)c1Cc1ccccc1)C(=O)OC. The molecule has 0 unspecified atom stereocenters. The van der Waals surface area contributed by atoms with Gasteiger partial charge in [0.05, 0.1) is 12.8 Å². The van der Waals surface area contributed by atoms with Crippen LogP contribution < -0.4 is 5.32 Å². The summed E-state index contributed by atoms with van der Waals surface area (Å²) in [6.45, 7) is 1.73. The van der Waals surface area contributed by atoms with Crippen LogP contribution in [-0.4, -0.2) is 35.1 Å². The van der Waals surface area contributed by atoms with E-state index in [0.717, 1.165) is 44.6 Å². The van der Waals surface area contributed by atoms with Gasteiger partial charge in [0.2, 0.25) is 11.0 Å². The van der Waals surface area contributed by atoms with Crippen LogP contribution in [0.3, 0.4) is 0 Å². The van der Waals surface area contributed by atoms with Crippen molar-refractivity contribution in [1.29, 1.82) is 0 Å². The monoisotopic (exact) mass is 538 g/mol. The molecule has 0 bridgehead atoms. The van der Waals surface area contributed by atoms with Crippen molar-refractivity contribution in [3.63, 3.8) is 0 Å². The quantitative estimate of drug-likeness (QED) is 0.200. The number of ether oxygens (including phenoxy) is 1. The molecule has 3 aromatic carbocycles. The van der Waals surface area contributed by atoms with Gasteiger partial charge in [-0.1, -0.05) is 85.8 Å². The number of benzene rings is 3. The fourth-order valence-electron chi connectivity index (χ4n) is 4.27. The van der Waals surface area contributed by atoms with E-state index >= 15 is 0 Å². The van der Waals surface area contributed by atoms with Crippen molar-refractivity contribution in [3.8, 4) is 11.3 Å². The maximum absolute atomic E-state index is 13.5. The van der Waals surface area contributed by atoms with Gasteiger partial charge >= 0.3 is 5.97 Å². The lowest BCUT2D eigenvalue weighted by atomic mass is 9.92. The van der Waals surface area contributed by atoms with Crippen LogP contribution in [0.25, 0.3) is 11.3 Å². The number of nitrogens with one attached hydrogen (secondary N) is 1. The number of methoxy groups -OCH3 is 1. The molecule has 39 heavy (non-hydrogen) atoms. The topological polar surface area (TPSA) is 85.4 Å². The van der Waals surface area contributed by atoms with Crippen molar-refractivity contribution in [3.05, 3.63) is 119 Å². The van der Waals surface area contributed by atoms with Crippen molar-refractivity contribution < 1.29 is 19.1 Å². The molecule has 0 saturated heterocycles. The average Bonchev–Trinajstić information content (AvgIpc) is 2.99. The Morgan fingerprint density at radius 2 is 1.59 bits per heavy atom. The molecular formula is C32H30N2O4S. The second-order valence-electron chi connectivity index (χ2n) is 8.91. The molecule has 1 atom stereocenters. The number of aromatic nitrogens is 1. The summed E-state index contributed by atoms with van der Waals surface area (Å²) in [5.41, 5.74) is 4.95. The molecule has 1 N–H and O–H groups in total. The average molecular weight is 539 g/mol. The summed E-state index contributed by atoms with van der Waals surface area (Å²) in [7, 11) is 1.31. The van der Waals surface area contributed by atoms with Crippen LogP contribution in [0, 0.1) is 0 Å². The van der Waals surface area contributed by atoms with Gasteiger partial charge in [-0.25, -0.2) is 4.79 Å². The van der Waals surface area contributed by atoms with E-state index in [0.29, 0.717) is 12.0 Å². The zero-order chi connectivity index (χ0) is 27.6. The molecule has 4 aromatic rings. The van der Waals surface area contributed by atoms with E-state index in [1.54, 1.807) is 25.3 Å². The summed E-state index contributed by atoms with van der Waals surface area (Å²) in [5.74, 6) is -0.764. The number of carbonyl (C=O) groups is 3. The zero-order valence-electron chi connectivity index (χ0n) is 21.9. The Labute approximate surface area is 232 Å². The molecule has 0 aliphatic heterocycles. The third-order valence-corrected chi connectivity index (χ3v) is 7.38. The standard InChI is InChI=1S/C32H30N2O4S/c1-3-29(35)34-28(31(36)38-2)21-24-17-18-25(27-16-10-11-19-33-27)30(26(24)20-22-12-6-4-7-13-22)39-32(37)23-14-8-5-9-15-23/h4-19,28H,3,20-21H2,1-2H3,(H,34,35)/t28-/m0/s1. The fraction of sp³-hybridized carbons (Fsp3) is 0.188. The minimum absolute atomic E-state index is 0.0944. The molecule has 1 heterocycles. The van der Waals surface area contributed by atoms with Crippen LogP contribution >= 0.6 is 11.8 Å². The van der Waals surface area contributed by atoms with Crippen LogP contribution in [0.5, 0.6) is 0 Å². The number of hydrogen-bond donors (Lipinski definition) is 1. The van der Waals surface area contributed by atoms with Crippen molar-refractivity contribution in [2.45, 2.75) is 37.1 Å². The molecule has 0 fully saturated rings. The van der Waals surface area contributed by atoms with Gasteiger partial charge in [-0.15, -0.1) is 0 Å². The molecule has 0 aliphatic rings. The van der Waals surface area contributed by atoms with Crippen LogP contribution in [0.15, 0.2) is 102 Å². The Bertz CT molecular complexity index is 1430. The van der Waals surface area contributed by atoms with Gasteiger partial charge < -0.3 is 10.1 Å². The minimum Gasteiger partial charge on any atom is -0.467 e. The van der Waals surface area contributed by atoms with E-state index < -0.39 is 12.0 Å². The zero-order valence-corrected chi connectivity index (χ0v) is 22.7. The number of hydrogen-bond acceptors (Lipinski definition) is 6. The Hall–Kier alpha value is -4.23. The highest BCUT2D eigenvalue weighted by Crippen LogP contribution is 2.38. The third kappa shape index (κ3) is 7.21. The van der Waals surface area contributed by atoms with E-state index in [-0.39, 0.29) is 23.9 Å². The van der Waals surface area contributed by atoms with Crippen molar-refractivity contribution in [2.24, 2.45) is 0 Å². The first-order chi connectivity index (χ1) is 19.0. The molecule has 0 aliphatic carbocycles. The predicted molar refractivity (Wildman–Crippen MR) is 153 cm³/mol. The Kier molecular flexibility index (Phi) is 9.64. The molecule has 6 nitrogen and oxygen atoms in total. The first kappa shape index (κ1) is 27.8. The van der Waals surface area contributed by atoms with E-state index in [4.69, 9.17) is 4.74 Å². The molecule has 0 saturated carbocycles. The molecular weight excluding hydrogens is 508 g/mol. The number of carbonyl (C=O) groups excluding carboxylic acids is 3. The maximum Gasteiger partial charge on any atom is 0.328 e. The van der Waals surface area contributed by atoms with Gasteiger partial charge in [-0.2, -0.15) is 0 Å². The van der Waals surface area contributed by atoms with E-state index in [1.807, 2.05) is 78.9 Å². The van der Waals surface area contributed by atoms with Crippen LogP contribution in [0.4, 0.5) is 0 Å². The number of thioether (sulfide) groups is 1. The van der Waals surface area contributed by atoms with Gasteiger partial charge in [0.1, 0.15) is 6.04 Å². The molecule has 198 valence electrons. The lowest BCUT2D eigenvalue weighted by molar-refractivity contribution is -0.145. The van der Waals surface area contributed by atoms with Gasteiger partial charge in [-0.3, -0.25) is 14.6 Å². The number of nitrogens with zero attached hydrogens (tertiary/aromatic N) is 1. The summed E-state index contributed by atoms with van der Waals surface area (Å²) >= 11 is 1.16. The highest BCUT2D eigenvalue weighted by atomic mass is 32.2. The Balaban J connectivity index is 1.87. The third-order valence-electron chi connectivity index (χ3n) is 6.29. The van der Waals surface area contributed by atoms with Gasteiger partial charge in [0.15, 0.2) is 0 Å². The van der Waals surface area contributed by atoms with Gasteiger partial charge in [0.25, 0.3) is 0 Å². The fourth-order valence-corrected chi connectivity index (χ4v) is 5.32. The largest absolute Gasteiger partial charge is 0.467 e. The maximum atomic E-state index is 13.5. The number of amides is 1. The number of rotatable bonds is 10. The molecule has 0 radical (unpaired) electrons. The van der Waals surface area contributed by atoms with Crippen molar-refractivity contribution in [1.82, 2.24) is 10.3 Å². The summed E-state index contributed by atoms with van der Waals surface area (Å²) in [6.07, 6.45) is 2.71. The first-order valence-electron chi connectivity index (χ1n) is 12.7. The summed E-state index contributed by atoms with van der Waals surface area (Å²) in [5, 5.41) is 2.70. The smallest absolute Gasteiger partial charge is 0.328 e. The molecule has 0 spiro atoms. The van der Waals surface area contributed by atoms with E-state index in [2.05, 4.69) is 10.3 Å². The minimum atomic E-state index is -0.861. The highest BCUT2D eigenvalue weighted by molar-refractivity contribution is 8.14. The first-order valence-corrected chi connectivity index (χ1v) is 13.6. The molecule has 1 aromatic heterocycles. The normalized spacial score (nSPS) is 11.4. The summed E-state index contributed by atoms with van der Waals surface area (Å²) < 4.78 is 5.01. The molecule has 4 rings (SSSR count). The number of esters is 1. The highest BCUT2D eigenvalue weighted by Gasteiger charge is 2.26. The van der Waals surface area contributed by atoms with Crippen LogP contribution in [0.2, 0.25) is 0 Å². The van der Waals surface area contributed by atoms with Gasteiger partial charge in [-0.05, 0) is 47.0 Å². The summed E-state index contributed by atoms with van der Waals surface area (Å²) in [4.78, 5) is 43.7. The molecule has 1 amide bonds. The van der Waals surface area contributed by atoms with E-state index in [1.165, 1.54) is 7.11 Å². The Morgan fingerprint density at radius 1 is 0.897 bits per heavy atom. The van der Waals surface area contributed by atoms with E-state index in [9.17, 15) is 14.4 Å². The lowest BCUT2D eigenvalue weighted by Gasteiger charge is -2.22. The summed E-state index contributed by atoms with van der Waals surface area (Å²) in [6, 6.07) is 27.8. The lowest BCUT2D eigenvalue weighted by Crippen LogP contribution is -2.43. The van der Waals surface area contributed by atoms with Crippen LogP contribution in [-0.2, 0) is 27.2 Å². The number of pyridine rings is 1. The molecule has 7 heteroatoms. The van der Waals surface area contributed by atoms with Crippen molar-refractivity contribution >= 4 is 28.8 Å². The predicted octanol–water partition coefficient (Wildman–Crippen LogP) is 5.88. The van der Waals surface area contributed by atoms with Crippen LogP contribution in [0.1, 0.15) is 40.4 Å². The van der Waals surface area contributed by atoms with Gasteiger partial charge in [0, 0.05) is 35.1 Å².